The third-order valence-corrected chi connectivity index (χ3v) is 6.17. The van der Waals surface area contributed by atoms with Crippen LogP contribution in [-0.4, -0.2) is 42.3 Å². The topological polar surface area (TPSA) is 111 Å². The van der Waals surface area contributed by atoms with E-state index >= 15 is 0 Å². The van der Waals surface area contributed by atoms with Crippen molar-refractivity contribution in [3.63, 3.8) is 0 Å². The number of carbonyl (C=O) groups excluding carboxylic acids is 2. The molecule has 3 aromatic rings. The average molecular weight is 521 g/mol. The predicted octanol–water partition coefficient (Wildman–Crippen LogP) is 5.59. The number of hydrogen-bond acceptors (Lipinski definition) is 8. The van der Waals surface area contributed by atoms with Gasteiger partial charge in [-0.05, 0) is 61.7 Å². The Morgan fingerprint density at radius 3 is 2.39 bits per heavy atom. The van der Waals surface area contributed by atoms with Gasteiger partial charge in [0.05, 0.1) is 31.9 Å². The number of rotatable bonds is 11. The molecule has 0 spiro atoms. The van der Waals surface area contributed by atoms with E-state index in [9.17, 15) is 14.7 Å². The van der Waals surface area contributed by atoms with Crippen molar-refractivity contribution in [2.45, 2.75) is 46.1 Å². The number of aryl methyl sites for hydroxylation is 1. The zero-order chi connectivity index (χ0) is 27.2. The van der Waals surface area contributed by atoms with Crippen molar-refractivity contribution in [2.75, 3.05) is 25.2 Å². The summed E-state index contributed by atoms with van der Waals surface area (Å²) in [7, 11) is 1.52. The number of ketones is 1. The number of aromatic nitrogens is 1. The van der Waals surface area contributed by atoms with E-state index in [1.165, 1.54) is 12.0 Å². The van der Waals surface area contributed by atoms with Crippen LogP contribution in [0, 0.1) is 6.92 Å². The lowest BCUT2D eigenvalue weighted by Gasteiger charge is -2.24. The number of methoxy groups -OCH3 is 1. The average Bonchev–Trinajstić information content (AvgIpc) is 3.47. The van der Waals surface area contributed by atoms with Crippen LogP contribution < -0.4 is 19.1 Å². The van der Waals surface area contributed by atoms with Crippen LogP contribution in [0.3, 0.4) is 0 Å². The maximum Gasteiger partial charge on any atom is 0.301 e. The van der Waals surface area contributed by atoms with Crippen LogP contribution in [0.2, 0.25) is 0 Å². The van der Waals surface area contributed by atoms with Gasteiger partial charge in [0.2, 0.25) is 0 Å². The molecule has 1 amide bonds. The standard InChI is InChI=1S/C29H32N2O7/c1-5-7-15-37-22-13-10-20(17-23(22)35-4)26-25(27(32)19-8-11-21(12-9-19)36-14-6-2)28(33)29(34)31(26)24-16-18(3)38-30-24/h8-13,16-17,26,32H,5-7,14-15H2,1-4H3. The summed E-state index contributed by atoms with van der Waals surface area (Å²) in [5, 5.41) is 15.3. The van der Waals surface area contributed by atoms with E-state index in [-0.39, 0.29) is 17.2 Å². The highest BCUT2D eigenvalue weighted by molar-refractivity contribution is 6.51. The molecule has 1 N–H and O–H groups in total. The fraction of sp³-hybridized carbons (Fsp3) is 0.345. The van der Waals surface area contributed by atoms with Gasteiger partial charge >= 0.3 is 5.91 Å². The van der Waals surface area contributed by atoms with Gasteiger partial charge in [0, 0.05) is 11.6 Å². The number of carbonyl (C=O) groups is 2. The number of anilines is 1. The van der Waals surface area contributed by atoms with E-state index in [0.717, 1.165) is 19.3 Å². The number of amides is 1. The second-order valence-electron chi connectivity index (χ2n) is 8.95. The maximum atomic E-state index is 13.4. The lowest BCUT2D eigenvalue weighted by Crippen LogP contribution is -2.29. The van der Waals surface area contributed by atoms with E-state index in [1.807, 2.05) is 6.92 Å². The first-order chi connectivity index (χ1) is 18.4. The maximum absolute atomic E-state index is 13.4. The quantitative estimate of drug-likeness (QED) is 0.151. The van der Waals surface area contributed by atoms with E-state index in [4.69, 9.17) is 18.7 Å². The third-order valence-electron chi connectivity index (χ3n) is 6.17. The highest BCUT2D eigenvalue weighted by Crippen LogP contribution is 2.44. The van der Waals surface area contributed by atoms with Gasteiger partial charge in [-0.1, -0.05) is 31.5 Å². The molecule has 1 atom stereocenters. The number of nitrogens with zero attached hydrogens (tertiary/aromatic N) is 2. The molecule has 1 aliphatic heterocycles. The number of Topliss-reactive ketones (excluding diaryl/α,β-unsaturated/α-hetero) is 1. The molecule has 38 heavy (non-hydrogen) atoms. The monoisotopic (exact) mass is 520 g/mol. The van der Waals surface area contributed by atoms with Gasteiger partial charge in [-0.15, -0.1) is 0 Å². The van der Waals surface area contributed by atoms with E-state index in [1.54, 1.807) is 55.5 Å². The minimum Gasteiger partial charge on any atom is -0.507 e. The molecule has 9 nitrogen and oxygen atoms in total. The van der Waals surface area contributed by atoms with Crippen LogP contribution in [0.5, 0.6) is 17.2 Å². The van der Waals surface area contributed by atoms with Crippen molar-refractivity contribution >= 4 is 23.3 Å². The second kappa shape index (κ2) is 11.9. The highest BCUT2D eigenvalue weighted by atomic mass is 16.5. The van der Waals surface area contributed by atoms with Crippen LogP contribution in [0.4, 0.5) is 5.82 Å². The SMILES string of the molecule is CCCCOc1ccc(C2C(=C(O)c3ccc(OCCC)cc3)C(=O)C(=O)N2c2cc(C)on2)cc1OC. The molecule has 1 aliphatic rings. The summed E-state index contributed by atoms with van der Waals surface area (Å²) in [6.45, 7) is 6.86. The molecular weight excluding hydrogens is 488 g/mol. The van der Waals surface area contributed by atoms with E-state index in [2.05, 4.69) is 12.1 Å². The van der Waals surface area contributed by atoms with Gasteiger partial charge in [0.15, 0.2) is 17.3 Å². The zero-order valence-electron chi connectivity index (χ0n) is 22.0. The van der Waals surface area contributed by atoms with Crippen LogP contribution >= 0.6 is 0 Å². The Hall–Kier alpha value is -4.27. The van der Waals surface area contributed by atoms with Gasteiger partial charge < -0.3 is 23.8 Å². The smallest absolute Gasteiger partial charge is 0.301 e. The summed E-state index contributed by atoms with van der Waals surface area (Å²) in [6.07, 6.45) is 2.73. The van der Waals surface area contributed by atoms with Gasteiger partial charge in [-0.25, -0.2) is 0 Å². The van der Waals surface area contributed by atoms with Crippen molar-refractivity contribution in [1.82, 2.24) is 5.16 Å². The molecule has 2 aromatic carbocycles. The lowest BCUT2D eigenvalue weighted by atomic mass is 9.95. The minimum atomic E-state index is -0.978. The molecule has 200 valence electrons. The van der Waals surface area contributed by atoms with Gasteiger partial charge in [-0.2, -0.15) is 0 Å². The fourth-order valence-corrected chi connectivity index (χ4v) is 4.24. The predicted molar refractivity (Wildman–Crippen MR) is 142 cm³/mol. The van der Waals surface area contributed by atoms with Crippen LogP contribution in [0.25, 0.3) is 5.76 Å². The molecule has 1 aromatic heterocycles. The molecule has 1 saturated heterocycles. The normalized spacial score (nSPS) is 16.6. The molecule has 0 bridgehead atoms. The zero-order valence-corrected chi connectivity index (χ0v) is 22.0. The molecule has 0 aliphatic carbocycles. The van der Waals surface area contributed by atoms with Crippen molar-refractivity contribution in [1.29, 1.82) is 0 Å². The van der Waals surface area contributed by atoms with Gasteiger partial charge in [-0.3, -0.25) is 14.5 Å². The number of aliphatic hydroxyl groups is 1. The summed E-state index contributed by atoms with van der Waals surface area (Å²) < 4.78 is 22.2. The Morgan fingerprint density at radius 1 is 1.00 bits per heavy atom. The van der Waals surface area contributed by atoms with Crippen molar-refractivity contribution in [2.24, 2.45) is 0 Å². The Morgan fingerprint density at radius 2 is 1.76 bits per heavy atom. The Labute approximate surface area is 221 Å². The fourth-order valence-electron chi connectivity index (χ4n) is 4.24. The van der Waals surface area contributed by atoms with Crippen LogP contribution in [0.15, 0.2) is 58.6 Å². The first-order valence-electron chi connectivity index (χ1n) is 12.7. The Bertz CT molecular complexity index is 1330. The first kappa shape index (κ1) is 26.8. The van der Waals surface area contributed by atoms with Gasteiger partial charge in [0.1, 0.15) is 17.3 Å². The minimum absolute atomic E-state index is 0.0698. The summed E-state index contributed by atoms with van der Waals surface area (Å²) >= 11 is 0. The Kier molecular flexibility index (Phi) is 8.35. The Balaban J connectivity index is 1.82. The second-order valence-corrected chi connectivity index (χ2v) is 8.95. The summed E-state index contributed by atoms with van der Waals surface area (Å²) in [4.78, 5) is 27.9. The number of hydrogen-bond donors (Lipinski definition) is 1. The molecule has 0 radical (unpaired) electrons. The highest BCUT2D eigenvalue weighted by Gasteiger charge is 2.48. The van der Waals surface area contributed by atoms with E-state index < -0.39 is 17.7 Å². The van der Waals surface area contributed by atoms with Gasteiger partial charge in [0.25, 0.3) is 5.78 Å². The molecule has 0 saturated carbocycles. The molecular formula is C29H32N2O7. The number of benzene rings is 2. The summed E-state index contributed by atoms with van der Waals surface area (Å²) in [5.74, 6) is 0.304. The number of unbranched alkanes of at least 4 members (excludes halogenated alkanes) is 1. The number of aliphatic hydroxyl groups excluding tert-OH is 1. The molecule has 1 unspecified atom stereocenters. The van der Waals surface area contributed by atoms with Crippen LogP contribution in [-0.2, 0) is 9.59 Å². The van der Waals surface area contributed by atoms with Crippen molar-refractivity contribution in [3.8, 4) is 17.2 Å². The van der Waals surface area contributed by atoms with Crippen LogP contribution in [0.1, 0.15) is 56.0 Å². The molecule has 2 heterocycles. The molecule has 9 heteroatoms. The summed E-state index contributed by atoms with van der Waals surface area (Å²) in [5.41, 5.74) is 0.841. The summed E-state index contributed by atoms with van der Waals surface area (Å²) in [6, 6.07) is 12.5. The van der Waals surface area contributed by atoms with E-state index in [0.29, 0.717) is 47.3 Å². The largest absolute Gasteiger partial charge is 0.507 e. The molecule has 4 rings (SSSR count). The van der Waals surface area contributed by atoms with Crippen molar-refractivity contribution in [3.05, 3.63) is 71.0 Å². The third kappa shape index (κ3) is 5.37. The lowest BCUT2D eigenvalue weighted by molar-refractivity contribution is -0.132. The first-order valence-corrected chi connectivity index (χ1v) is 12.7. The molecule has 1 fully saturated rings. The number of ether oxygens (including phenoxy) is 3. The van der Waals surface area contributed by atoms with Crippen molar-refractivity contribution < 1.29 is 33.4 Å².